The number of hydrogen-bond donors (Lipinski definition) is 0. The van der Waals surface area contributed by atoms with Crippen LogP contribution in [0, 0.1) is 5.92 Å². The van der Waals surface area contributed by atoms with E-state index in [4.69, 9.17) is 11.6 Å². The number of hydrogen-bond acceptors (Lipinski definition) is 0. The van der Waals surface area contributed by atoms with Gasteiger partial charge in [-0.05, 0) is 42.9 Å². The van der Waals surface area contributed by atoms with Crippen LogP contribution in [0.1, 0.15) is 37.7 Å². The zero-order valence-electron chi connectivity index (χ0n) is 8.92. The Bertz CT molecular complexity index is 320. The quantitative estimate of drug-likeness (QED) is 0.658. The molecule has 2 heteroatoms. The Labute approximate surface area is 95.4 Å². The Morgan fingerprint density at radius 3 is 2.47 bits per heavy atom. The van der Waals surface area contributed by atoms with E-state index in [0.29, 0.717) is 12.3 Å². The molecule has 0 heterocycles. The lowest BCUT2D eigenvalue weighted by Crippen LogP contribution is -2.23. The van der Waals surface area contributed by atoms with Crippen molar-refractivity contribution in [2.24, 2.45) is 5.92 Å². The van der Waals surface area contributed by atoms with Crippen molar-refractivity contribution in [3.8, 4) is 0 Å². The van der Waals surface area contributed by atoms with Gasteiger partial charge in [0, 0.05) is 10.9 Å². The molecule has 0 N–H and O–H groups in total. The maximum atomic E-state index is 13.9. The summed E-state index contributed by atoms with van der Waals surface area (Å²) < 4.78 is 13.9. The van der Waals surface area contributed by atoms with Gasteiger partial charge < -0.3 is 0 Å². The highest BCUT2D eigenvalue weighted by Crippen LogP contribution is 2.37. The highest BCUT2D eigenvalue weighted by Gasteiger charge is 2.29. The first-order valence-corrected chi connectivity index (χ1v) is 5.94. The van der Waals surface area contributed by atoms with E-state index in [-0.39, 0.29) is 5.92 Å². The van der Waals surface area contributed by atoms with Gasteiger partial charge in [0.05, 0.1) is 0 Å². The van der Waals surface area contributed by atoms with Crippen LogP contribution in [0.3, 0.4) is 0 Å². The van der Waals surface area contributed by atoms with Crippen molar-refractivity contribution >= 4 is 11.6 Å². The molecule has 0 amide bonds. The first-order chi connectivity index (χ1) is 7.16. The lowest BCUT2D eigenvalue weighted by molar-refractivity contribution is 0.177. The first kappa shape index (κ1) is 10.9. The van der Waals surface area contributed by atoms with E-state index in [1.54, 1.807) is 0 Å². The van der Waals surface area contributed by atoms with E-state index in [2.05, 4.69) is 6.92 Å². The molecular weight excluding hydrogens is 211 g/mol. The summed E-state index contributed by atoms with van der Waals surface area (Å²) in [7, 11) is 0. The molecule has 0 saturated heterocycles. The standard InChI is InChI=1S/C13H16ClF/c1-9-2-7-12(13(15)8-9)10-3-5-11(14)6-4-10/h3-6,9,12-13H,2,7-8H2,1H3/t9?,12-,13?/m1/s1. The van der Waals surface area contributed by atoms with Crippen molar-refractivity contribution in [3.63, 3.8) is 0 Å². The van der Waals surface area contributed by atoms with E-state index in [9.17, 15) is 4.39 Å². The van der Waals surface area contributed by atoms with Gasteiger partial charge in [-0.2, -0.15) is 0 Å². The average molecular weight is 227 g/mol. The third kappa shape index (κ3) is 2.52. The molecule has 0 nitrogen and oxygen atoms in total. The first-order valence-electron chi connectivity index (χ1n) is 5.56. The van der Waals surface area contributed by atoms with E-state index in [1.165, 1.54) is 0 Å². The number of benzene rings is 1. The van der Waals surface area contributed by atoms with Gasteiger partial charge in [0.1, 0.15) is 6.17 Å². The molecule has 2 unspecified atom stereocenters. The molecule has 15 heavy (non-hydrogen) atoms. The monoisotopic (exact) mass is 226 g/mol. The normalized spacial score (nSPS) is 31.5. The van der Waals surface area contributed by atoms with Crippen LogP contribution < -0.4 is 0 Å². The van der Waals surface area contributed by atoms with Crippen LogP contribution in [0.15, 0.2) is 24.3 Å². The summed E-state index contributed by atoms with van der Waals surface area (Å²) in [5.41, 5.74) is 1.10. The molecule has 0 aliphatic heterocycles. The largest absolute Gasteiger partial charge is 0.247 e. The molecule has 82 valence electrons. The zero-order valence-corrected chi connectivity index (χ0v) is 9.67. The minimum atomic E-state index is -0.685. The van der Waals surface area contributed by atoms with Gasteiger partial charge in [0.2, 0.25) is 0 Å². The Morgan fingerprint density at radius 2 is 1.87 bits per heavy atom. The molecule has 0 bridgehead atoms. The minimum absolute atomic E-state index is 0.0819. The molecular formula is C13H16ClF. The summed E-state index contributed by atoms with van der Waals surface area (Å²) in [5.74, 6) is 0.613. The van der Waals surface area contributed by atoms with Crippen LogP contribution >= 0.6 is 11.6 Å². The lowest BCUT2D eigenvalue weighted by Gasteiger charge is -2.30. The molecule has 0 spiro atoms. The SMILES string of the molecule is CC1CC[C@H](c2ccc(Cl)cc2)C(F)C1. The fraction of sp³-hybridized carbons (Fsp3) is 0.538. The molecule has 2 rings (SSSR count). The molecule has 1 aromatic rings. The van der Waals surface area contributed by atoms with Gasteiger partial charge in [0.25, 0.3) is 0 Å². The van der Waals surface area contributed by atoms with Crippen LogP contribution in [0.5, 0.6) is 0 Å². The fourth-order valence-electron chi connectivity index (χ4n) is 2.40. The Morgan fingerprint density at radius 1 is 1.20 bits per heavy atom. The fourth-order valence-corrected chi connectivity index (χ4v) is 2.52. The van der Waals surface area contributed by atoms with Gasteiger partial charge in [-0.25, -0.2) is 4.39 Å². The van der Waals surface area contributed by atoms with Gasteiger partial charge in [-0.15, -0.1) is 0 Å². The summed E-state index contributed by atoms with van der Waals surface area (Å²) in [6.45, 7) is 2.13. The van der Waals surface area contributed by atoms with Crippen LogP contribution in [0.2, 0.25) is 5.02 Å². The number of rotatable bonds is 1. The topological polar surface area (TPSA) is 0 Å². The summed E-state index contributed by atoms with van der Waals surface area (Å²) in [6.07, 6.45) is 2.11. The van der Waals surface area contributed by atoms with Gasteiger partial charge >= 0.3 is 0 Å². The Hall–Kier alpha value is -0.560. The molecule has 1 fully saturated rings. The molecule has 0 radical (unpaired) electrons. The lowest BCUT2D eigenvalue weighted by atomic mass is 9.78. The predicted octanol–water partition coefficient (Wildman–Crippen LogP) is 4.58. The summed E-state index contributed by atoms with van der Waals surface area (Å²) in [6, 6.07) is 7.61. The summed E-state index contributed by atoms with van der Waals surface area (Å²) >= 11 is 5.82. The minimum Gasteiger partial charge on any atom is -0.247 e. The van der Waals surface area contributed by atoms with Crippen molar-refractivity contribution in [2.75, 3.05) is 0 Å². The zero-order chi connectivity index (χ0) is 10.8. The maximum Gasteiger partial charge on any atom is 0.107 e. The van der Waals surface area contributed by atoms with Crippen molar-refractivity contribution in [2.45, 2.75) is 38.3 Å². The van der Waals surface area contributed by atoms with E-state index in [0.717, 1.165) is 23.4 Å². The van der Waals surface area contributed by atoms with Gasteiger partial charge in [-0.3, -0.25) is 0 Å². The second-order valence-electron chi connectivity index (χ2n) is 4.59. The average Bonchev–Trinajstić information content (AvgIpc) is 2.20. The van der Waals surface area contributed by atoms with E-state index < -0.39 is 6.17 Å². The Kier molecular flexibility index (Phi) is 3.30. The van der Waals surface area contributed by atoms with Gasteiger partial charge in [-0.1, -0.05) is 30.7 Å². The highest BCUT2D eigenvalue weighted by atomic mass is 35.5. The molecule has 1 aromatic carbocycles. The van der Waals surface area contributed by atoms with Crippen LogP contribution in [0.4, 0.5) is 4.39 Å². The third-order valence-corrected chi connectivity index (χ3v) is 3.58. The van der Waals surface area contributed by atoms with Crippen molar-refractivity contribution in [1.82, 2.24) is 0 Å². The highest BCUT2D eigenvalue weighted by molar-refractivity contribution is 6.30. The van der Waals surface area contributed by atoms with Crippen LogP contribution in [-0.4, -0.2) is 6.17 Å². The van der Waals surface area contributed by atoms with Crippen LogP contribution in [-0.2, 0) is 0 Å². The van der Waals surface area contributed by atoms with Crippen LogP contribution in [0.25, 0.3) is 0 Å². The molecule has 1 aliphatic rings. The predicted molar refractivity (Wildman–Crippen MR) is 62.1 cm³/mol. The molecule has 0 aromatic heterocycles. The van der Waals surface area contributed by atoms with E-state index in [1.807, 2.05) is 24.3 Å². The van der Waals surface area contributed by atoms with Crippen molar-refractivity contribution in [3.05, 3.63) is 34.9 Å². The maximum absolute atomic E-state index is 13.9. The van der Waals surface area contributed by atoms with E-state index >= 15 is 0 Å². The number of halogens is 2. The summed E-state index contributed by atoms with van der Waals surface area (Å²) in [4.78, 5) is 0. The number of alkyl halides is 1. The smallest absolute Gasteiger partial charge is 0.107 e. The molecule has 1 saturated carbocycles. The second-order valence-corrected chi connectivity index (χ2v) is 5.03. The Balaban J connectivity index is 2.13. The van der Waals surface area contributed by atoms with Crippen molar-refractivity contribution < 1.29 is 4.39 Å². The second kappa shape index (κ2) is 4.52. The summed E-state index contributed by atoms with van der Waals surface area (Å²) in [5, 5.41) is 0.721. The van der Waals surface area contributed by atoms with Gasteiger partial charge in [0.15, 0.2) is 0 Å². The molecule has 3 atom stereocenters. The van der Waals surface area contributed by atoms with Crippen molar-refractivity contribution in [1.29, 1.82) is 0 Å². The third-order valence-electron chi connectivity index (χ3n) is 3.33. The molecule has 1 aliphatic carbocycles.